The van der Waals surface area contributed by atoms with E-state index in [-0.39, 0.29) is 15.7 Å². The average molecular weight is 423 g/mol. The van der Waals surface area contributed by atoms with Gasteiger partial charge in [0, 0.05) is 13.1 Å². The van der Waals surface area contributed by atoms with Crippen molar-refractivity contribution in [2.45, 2.75) is 38.0 Å². The molecular formula is C20H26N2O4S2. The summed E-state index contributed by atoms with van der Waals surface area (Å²) in [6.45, 7) is 5.60. The number of sulfonamides is 1. The first-order valence-electron chi connectivity index (χ1n) is 9.46. The molecule has 1 aromatic carbocycles. The third-order valence-corrected chi connectivity index (χ3v) is 7.79. The highest BCUT2D eigenvalue weighted by atomic mass is 32.2. The van der Waals surface area contributed by atoms with Crippen molar-refractivity contribution in [2.75, 3.05) is 26.2 Å². The van der Waals surface area contributed by atoms with Crippen LogP contribution in [0.2, 0.25) is 0 Å². The quantitative estimate of drug-likeness (QED) is 0.695. The van der Waals surface area contributed by atoms with Gasteiger partial charge in [0.1, 0.15) is 22.1 Å². The molecule has 0 saturated carbocycles. The second kappa shape index (κ2) is 9.07. The lowest BCUT2D eigenvalue weighted by molar-refractivity contribution is 0.0948. The van der Waals surface area contributed by atoms with Gasteiger partial charge in [-0.05, 0) is 49.3 Å². The standard InChI is InChI=1S/C20H26N2O4S2/c1-15-7-6-8-16(2)18(15)26-13-10-21-20(23)19-17(9-14-27-19)28(24,25)22-11-4-3-5-12-22/h6-9,14H,3-5,10-13H2,1-2H3,(H,21,23). The lowest BCUT2D eigenvalue weighted by Crippen LogP contribution is -2.36. The molecule has 2 aromatic rings. The maximum absolute atomic E-state index is 12.9. The molecule has 6 nitrogen and oxygen atoms in total. The molecule has 0 atom stereocenters. The summed E-state index contributed by atoms with van der Waals surface area (Å²) in [6.07, 6.45) is 2.77. The Balaban J connectivity index is 1.61. The summed E-state index contributed by atoms with van der Waals surface area (Å²) in [5.41, 5.74) is 2.08. The van der Waals surface area contributed by atoms with Gasteiger partial charge in [-0.2, -0.15) is 4.31 Å². The number of carbonyl (C=O) groups excluding carboxylic acids is 1. The van der Waals surface area contributed by atoms with E-state index in [1.807, 2.05) is 32.0 Å². The van der Waals surface area contributed by atoms with E-state index in [0.717, 1.165) is 47.5 Å². The van der Waals surface area contributed by atoms with Crippen LogP contribution >= 0.6 is 11.3 Å². The number of hydrogen-bond donors (Lipinski definition) is 1. The molecule has 0 spiro atoms. The summed E-state index contributed by atoms with van der Waals surface area (Å²) in [7, 11) is -3.63. The van der Waals surface area contributed by atoms with Gasteiger partial charge in [0.15, 0.2) is 0 Å². The van der Waals surface area contributed by atoms with Gasteiger partial charge in [0.2, 0.25) is 10.0 Å². The average Bonchev–Trinajstić information content (AvgIpc) is 3.18. The maximum Gasteiger partial charge on any atom is 0.262 e. The van der Waals surface area contributed by atoms with E-state index >= 15 is 0 Å². The summed E-state index contributed by atoms with van der Waals surface area (Å²) in [4.78, 5) is 12.9. The van der Waals surface area contributed by atoms with Crippen molar-refractivity contribution < 1.29 is 17.9 Å². The monoisotopic (exact) mass is 422 g/mol. The lowest BCUT2D eigenvalue weighted by Gasteiger charge is -2.25. The van der Waals surface area contributed by atoms with Gasteiger partial charge in [-0.25, -0.2) is 8.42 Å². The topological polar surface area (TPSA) is 75.7 Å². The van der Waals surface area contributed by atoms with Gasteiger partial charge < -0.3 is 10.1 Å². The van der Waals surface area contributed by atoms with E-state index in [2.05, 4.69) is 5.32 Å². The largest absolute Gasteiger partial charge is 0.491 e. The van der Waals surface area contributed by atoms with Crippen LogP contribution in [0.15, 0.2) is 34.5 Å². The van der Waals surface area contributed by atoms with Crippen LogP contribution in [0.5, 0.6) is 5.75 Å². The van der Waals surface area contributed by atoms with E-state index in [1.54, 1.807) is 5.38 Å². The molecule has 0 radical (unpaired) electrons. The third kappa shape index (κ3) is 4.56. The molecule has 8 heteroatoms. The number of rotatable bonds is 7. The van der Waals surface area contributed by atoms with Crippen LogP contribution < -0.4 is 10.1 Å². The molecule has 3 rings (SSSR count). The fourth-order valence-electron chi connectivity index (χ4n) is 3.34. The SMILES string of the molecule is Cc1cccc(C)c1OCCNC(=O)c1sccc1S(=O)(=O)N1CCCCC1. The second-order valence-corrected chi connectivity index (χ2v) is 9.73. The van der Waals surface area contributed by atoms with Crippen LogP contribution in [0.3, 0.4) is 0 Å². The Morgan fingerprint density at radius 3 is 2.50 bits per heavy atom. The Hall–Kier alpha value is -1.90. The molecule has 1 aliphatic rings. The lowest BCUT2D eigenvalue weighted by atomic mass is 10.1. The number of carbonyl (C=O) groups is 1. The van der Waals surface area contributed by atoms with Gasteiger partial charge in [0.05, 0.1) is 6.54 Å². The normalized spacial score (nSPS) is 15.4. The zero-order valence-electron chi connectivity index (χ0n) is 16.2. The van der Waals surface area contributed by atoms with Gasteiger partial charge in [-0.3, -0.25) is 4.79 Å². The molecule has 1 fully saturated rings. The molecular weight excluding hydrogens is 396 g/mol. The van der Waals surface area contributed by atoms with E-state index < -0.39 is 10.0 Å². The van der Waals surface area contributed by atoms with E-state index in [0.29, 0.717) is 26.2 Å². The number of benzene rings is 1. The van der Waals surface area contributed by atoms with Crippen LogP contribution in [-0.2, 0) is 10.0 Å². The number of aryl methyl sites for hydroxylation is 2. The van der Waals surface area contributed by atoms with Crippen LogP contribution in [0, 0.1) is 13.8 Å². The highest BCUT2D eigenvalue weighted by Crippen LogP contribution is 2.27. The van der Waals surface area contributed by atoms with Gasteiger partial charge in [-0.1, -0.05) is 24.6 Å². The van der Waals surface area contributed by atoms with Gasteiger partial charge in [0.25, 0.3) is 5.91 Å². The van der Waals surface area contributed by atoms with Crippen molar-refractivity contribution in [3.63, 3.8) is 0 Å². The van der Waals surface area contributed by atoms with Crippen LogP contribution in [-0.4, -0.2) is 44.9 Å². The molecule has 28 heavy (non-hydrogen) atoms. The molecule has 1 aromatic heterocycles. The Morgan fingerprint density at radius 1 is 1.14 bits per heavy atom. The maximum atomic E-state index is 12.9. The minimum atomic E-state index is -3.63. The minimum absolute atomic E-state index is 0.104. The molecule has 0 aliphatic carbocycles. The predicted molar refractivity (Wildman–Crippen MR) is 111 cm³/mol. The van der Waals surface area contributed by atoms with E-state index in [9.17, 15) is 13.2 Å². The number of piperidine rings is 1. The summed E-state index contributed by atoms with van der Waals surface area (Å²) in [5, 5.41) is 4.42. The van der Waals surface area contributed by atoms with Crippen molar-refractivity contribution in [1.29, 1.82) is 0 Å². The number of thiophene rings is 1. The number of nitrogens with zero attached hydrogens (tertiary/aromatic N) is 1. The highest BCUT2D eigenvalue weighted by molar-refractivity contribution is 7.89. The van der Waals surface area contributed by atoms with Crippen molar-refractivity contribution in [3.05, 3.63) is 45.6 Å². The van der Waals surface area contributed by atoms with Crippen molar-refractivity contribution >= 4 is 27.3 Å². The van der Waals surface area contributed by atoms with E-state index in [4.69, 9.17) is 4.74 Å². The first-order chi connectivity index (χ1) is 13.4. The molecule has 1 amide bonds. The summed E-state index contributed by atoms with van der Waals surface area (Å²) in [6, 6.07) is 7.45. The van der Waals surface area contributed by atoms with Gasteiger partial charge >= 0.3 is 0 Å². The summed E-state index contributed by atoms with van der Waals surface area (Å²) in [5.74, 6) is 0.442. The molecule has 152 valence electrons. The number of ether oxygens (including phenoxy) is 1. The molecule has 2 heterocycles. The predicted octanol–water partition coefficient (Wildman–Crippen LogP) is 3.35. The zero-order chi connectivity index (χ0) is 20.1. The molecule has 1 N–H and O–H groups in total. The van der Waals surface area contributed by atoms with Crippen molar-refractivity contribution in [2.24, 2.45) is 0 Å². The Bertz CT molecular complexity index is 911. The Morgan fingerprint density at radius 2 is 1.82 bits per heavy atom. The summed E-state index contributed by atoms with van der Waals surface area (Å²) < 4.78 is 33.1. The second-order valence-electron chi connectivity index (χ2n) is 6.90. The molecule has 1 aliphatic heterocycles. The fraction of sp³-hybridized carbons (Fsp3) is 0.450. The number of hydrogen-bond acceptors (Lipinski definition) is 5. The van der Waals surface area contributed by atoms with Crippen LogP contribution in [0.4, 0.5) is 0 Å². The number of nitrogens with one attached hydrogen (secondary N) is 1. The number of amides is 1. The molecule has 1 saturated heterocycles. The molecule has 0 unspecified atom stereocenters. The fourth-order valence-corrected chi connectivity index (χ4v) is 6.17. The number of para-hydroxylation sites is 1. The highest BCUT2D eigenvalue weighted by Gasteiger charge is 2.30. The van der Waals surface area contributed by atoms with Crippen LogP contribution in [0.1, 0.15) is 40.1 Å². The van der Waals surface area contributed by atoms with Crippen molar-refractivity contribution in [1.82, 2.24) is 9.62 Å². The van der Waals surface area contributed by atoms with Gasteiger partial charge in [-0.15, -0.1) is 11.3 Å². The van der Waals surface area contributed by atoms with Crippen molar-refractivity contribution in [3.8, 4) is 5.75 Å². The molecule has 0 bridgehead atoms. The third-order valence-electron chi connectivity index (χ3n) is 4.81. The minimum Gasteiger partial charge on any atom is -0.491 e. The van der Waals surface area contributed by atoms with E-state index in [1.165, 1.54) is 10.4 Å². The first-order valence-corrected chi connectivity index (χ1v) is 11.8. The van der Waals surface area contributed by atoms with Crippen LogP contribution in [0.25, 0.3) is 0 Å². The smallest absolute Gasteiger partial charge is 0.262 e. The Labute approximate surface area is 170 Å². The first kappa shape index (κ1) is 20.8. The summed E-state index contributed by atoms with van der Waals surface area (Å²) >= 11 is 1.15. The zero-order valence-corrected chi connectivity index (χ0v) is 17.9. The Kier molecular flexibility index (Phi) is 6.74.